The number of allylic oxidation sites excluding steroid dienone is 1. The molecule has 3 aromatic carbocycles. The van der Waals surface area contributed by atoms with Crippen LogP contribution in [0.5, 0.6) is 0 Å². The number of rotatable bonds is 5. The molecule has 1 spiro atoms. The number of aromatic amines is 1. The molecule has 2 aromatic heterocycles. The molecule has 5 heterocycles. The van der Waals surface area contributed by atoms with E-state index >= 15 is 0 Å². The number of halogens is 3. The van der Waals surface area contributed by atoms with Gasteiger partial charge in [-0.25, -0.2) is 13.8 Å². The van der Waals surface area contributed by atoms with Gasteiger partial charge in [-0.2, -0.15) is 0 Å². The van der Waals surface area contributed by atoms with E-state index in [2.05, 4.69) is 20.5 Å². The van der Waals surface area contributed by atoms with Crippen molar-refractivity contribution >= 4 is 51.8 Å². The number of amidine groups is 1. The van der Waals surface area contributed by atoms with Gasteiger partial charge in [-0.3, -0.25) is 9.59 Å². The van der Waals surface area contributed by atoms with Crippen LogP contribution >= 0.6 is 11.3 Å². The third-order valence-corrected chi connectivity index (χ3v) is 11.2. The fourth-order valence-electron chi connectivity index (χ4n) is 7.06. The van der Waals surface area contributed by atoms with Gasteiger partial charge < -0.3 is 24.8 Å². The third kappa shape index (κ3) is 7.69. The highest BCUT2D eigenvalue weighted by atomic mass is 32.1. The molecule has 0 unspecified atom stereocenters. The molecule has 0 saturated carbocycles. The maximum atomic E-state index is 14.4. The molecule has 282 valence electrons. The molecule has 8 rings (SSSR count). The van der Waals surface area contributed by atoms with Gasteiger partial charge in [-0.1, -0.05) is 35.7 Å². The van der Waals surface area contributed by atoms with E-state index < -0.39 is 5.82 Å². The zero-order valence-corrected chi connectivity index (χ0v) is 31.5. The maximum Gasteiger partial charge on any atom is 0.258 e. The summed E-state index contributed by atoms with van der Waals surface area (Å²) >= 11 is 1.50. The topological polar surface area (TPSA) is 103 Å². The zero-order valence-electron chi connectivity index (χ0n) is 30.7. The number of nitrogens with one attached hydrogen (secondary N) is 2. The van der Waals surface area contributed by atoms with Crippen molar-refractivity contribution in [3.8, 4) is 21.1 Å². The average Bonchev–Trinajstić information content (AvgIpc) is 3.80. The highest BCUT2D eigenvalue weighted by molar-refractivity contribution is 7.19. The van der Waals surface area contributed by atoms with E-state index in [0.29, 0.717) is 52.9 Å². The van der Waals surface area contributed by atoms with Crippen LogP contribution in [0.1, 0.15) is 49.5 Å². The van der Waals surface area contributed by atoms with Crippen molar-refractivity contribution in [2.24, 2.45) is 10.6 Å². The second-order valence-electron chi connectivity index (χ2n) is 13.1. The van der Waals surface area contributed by atoms with E-state index in [1.807, 2.05) is 44.0 Å². The number of carbonyl (C=O) groups excluding carboxylic acids is 2. The molecule has 2 saturated heterocycles. The fraction of sp³-hybridized carbons (Fsp3) is 0.317. The van der Waals surface area contributed by atoms with Crippen molar-refractivity contribution < 1.29 is 27.6 Å². The van der Waals surface area contributed by atoms with Crippen LogP contribution in [0, 0.1) is 17.0 Å². The van der Waals surface area contributed by atoms with Crippen LogP contribution in [0.3, 0.4) is 0 Å². The molecule has 54 heavy (non-hydrogen) atoms. The first kappa shape index (κ1) is 38.5. The van der Waals surface area contributed by atoms with Gasteiger partial charge in [0.25, 0.3) is 5.91 Å². The number of nitrogens with zero attached hydrogens (tertiary/aromatic N) is 4. The molecule has 9 nitrogen and oxygen atoms in total. The van der Waals surface area contributed by atoms with E-state index in [9.17, 15) is 22.9 Å². The number of H-pyrrole nitrogens is 1. The number of likely N-dealkylation sites (tertiary alicyclic amines) is 1. The van der Waals surface area contributed by atoms with Crippen molar-refractivity contribution in [1.82, 2.24) is 14.9 Å². The first-order chi connectivity index (χ1) is 26.3. The smallest absolute Gasteiger partial charge is 0.258 e. The average molecular weight is 757 g/mol. The number of hydrogen-bond donors (Lipinski definition) is 2. The molecule has 3 aliphatic heterocycles. The van der Waals surface area contributed by atoms with Gasteiger partial charge in [0, 0.05) is 67.0 Å². The number of thiophene rings is 1. The monoisotopic (exact) mass is 756 g/mol. The van der Waals surface area contributed by atoms with Gasteiger partial charge in [0.05, 0.1) is 21.7 Å². The minimum absolute atomic E-state index is 0.166. The standard InChI is InChI=1S/C27H20F2N4OS.C12H17FN2O2.C2H6/c1-30-18-8-5-15(6-9-18)27(34)33-12-11-16-13-23(26-31-21-4-2-3-20(29)24(21)32-26)35-25(16)19-10-7-17(28)14-22(19)33;1-2-10(7-16)11(14-13)15-8-12(9-15)3-5-17-6-4-12;1-2/h2-10,13-14,30H,11-12H2,1H3,(H,31,32);2,7H,3-6,8-9H2,1H3;1-2H3/b;10-2-,14-11+;. The minimum Gasteiger partial charge on any atom is -0.388 e. The number of aldehydes is 1. The predicted molar refractivity (Wildman–Crippen MR) is 210 cm³/mol. The molecule has 0 aliphatic carbocycles. The first-order valence-corrected chi connectivity index (χ1v) is 18.9. The number of para-hydroxylation sites is 1. The predicted octanol–water partition coefficient (Wildman–Crippen LogP) is 9.03. The molecular weight excluding hydrogens is 714 g/mol. The van der Waals surface area contributed by atoms with E-state index in [0.717, 1.165) is 65.7 Å². The van der Waals surface area contributed by atoms with Crippen LogP contribution < -0.4 is 10.2 Å². The SMILES string of the molecule is C/C=C(C=O)\C(=N/F)N1CC2(CCOCC2)C1.CC.CNc1ccc(C(=O)N2CCc3cc(-c4nc5c(F)cccc5[nH]4)sc3-c3ccc(F)cc32)cc1. The first-order valence-electron chi connectivity index (χ1n) is 18.1. The quantitative estimate of drug-likeness (QED) is 0.0804. The van der Waals surface area contributed by atoms with Crippen molar-refractivity contribution in [1.29, 1.82) is 0 Å². The van der Waals surface area contributed by atoms with Gasteiger partial charge in [0.15, 0.2) is 17.9 Å². The summed E-state index contributed by atoms with van der Waals surface area (Å²) in [6, 6.07) is 18.6. The lowest BCUT2D eigenvalue weighted by Gasteiger charge is -2.53. The summed E-state index contributed by atoms with van der Waals surface area (Å²) in [6.45, 7) is 9.20. The number of hydrogen-bond acceptors (Lipinski definition) is 7. The summed E-state index contributed by atoms with van der Waals surface area (Å²) in [4.78, 5) is 37.2. The molecule has 3 aliphatic rings. The molecular formula is C41H43F3N6O3S. The van der Waals surface area contributed by atoms with Crippen LogP contribution in [0.15, 0.2) is 83.6 Å². The van der Waals surface area contributed by atoms with E-state index in [1.54, 1.807) is 48.2 Å². The number of ether oxygens (including phenoxy) is 1. The van der Waals surface area contributed by atoms with Crippen LogP contribution in [-0.2, 0) is 16.0 Å². The Labute approximate surface area is 316 Å². The van der Waals surface area contributed by atoms with Crippen LogP contribution in [0.2, 0.25) is 0 Å². The Bertz CT molecular complexity index is 2180. The largest absolute Gasteiger partial charge is 0.388 e. The Morgan fingerprint density at radius 2 is 1.80 bits per heavy atom. The third-order valence-electron chi connectivity index (χ3n) is 9.95. The lowest BCUT2D eigenvalue weighted by Crippen LogP contribution is -2.60. The Balaban J connectivity index is 0.000000220. The van der Waals surface area contributed by atoms with Crippen LogP contribution in [-0.4, -0.2) is 72.8 Å². The molecule has 5 aromatic rings. The lowest BCUT2D eigenvalue weighted by molar-refractivity contribution is -0.104. The number of fused-ring (bicyclic) bond motifs is 4. The number of anilines is 2. The summed E-state index contributed by atoms with van der Waals surface area (Å²) in [5, 5.41) is 5.78. The normalized spacial score (nSPS) is 16.2. The Morgan fingerprint density at radius 1 is 1.06 bits per heavy atom. The Morgan fingerprint density at radius 3 is 2.44 bits per heavy atom. The summed E-state index contributed by atoms with van der Waals surface area (Å²) in [5.74, 6) is -0.201. The number of imidazole rings is 1. The zero-order chi connectivity index (χ0) is 38.4. The lowest BCUT2D eigenvalue weighted by atomic mass is 9.73. The molecule has 0 radical (unpaired) electrons. The summed E-state index contributed by atoms with van der Waals surface area (Å²) in [5.41, 5.74) is 5.30. The number of carbonyl (C=O) groups is 2. The number of benzene rings is 3. The Hall–Kier alpha value is -5.27. The molecule has 2 fully saturated rings. The molecule has 13 heteroatoms. The van der Waals surface area contributed by atoms with Crippen molar-refractivity contribution in [3.63, 3.8) is 0 Å². The Kier molecular flexibility index (Phi) is 12.0. The fourth-order valence-corrected chi connectivity index (χ4v) is 8.25. The van der Waals surface area contributed by atoms with Gasteiger partial charge in [-0.15, -0.1) is 11.3 Å². The number of aromatic nitrogens is 2. The van der Waals surface area contributed by atoms with Gasteiger partial charge in [-0.05, 0) is 92.4 Å². The second kappa shape index (κ2) is 16.8. The minimum atomic E-state index is -0.403. The van der Waals surface area contributed by atoms with E-state index in [4.69, 9.17) is 4.74 Å². The molecule has 1 amide bonds. The van der Waals surface area contributed by atoms with Crippen molar-refractivity contribution in [2.75, 3.05) is 50.1 Å². The summed E-state index contributed by atoms with van der Waals surface area (Å²) < 4.78 is 46.5. The van der Waals surface area contributed by atoms with Crippen molar-refractivity contribution in [3.05, 3.63) is 101 Å². The van der Waals surface area contributed by atoms with Crippen LogP contribution in [0.25, 0.3) is 32.2 Å². The van der Waals surface area contributed by atoms with Gasteiger partial charge >= 0.3 is 0 Å². The molecule has 0 bridgehead atoms. The van der Waals surface area contributed by atoms with E-state index in [-0.39, 0.29) is 23.0 Å². The maximum absolute atomic E-state index is 14.4. The van der Waals surface area contributed by atoms with Crippen LogP contribution in [0.4, 0.5) is 24.6 Å². The van der Waals surface area contributed by atoms with Crippen molar-refractivity contribution in [2.45, 2.75) is 40.0 Å². The highest BCUT2D eigenvalue weighted by Gasteiger charge is 2.45. The summed E-state index contributed by atoms with van der Waals surface area (Å²) in [6.07, 6.45) is 4.84. The molecule has 2 N–H and O–H groups in total. The second-order valence-corrected chi connectivity index (χ2v) is 14.2. The molecule has 0 atom stereocenters. The van der Waals surface area contributed by atoms with Gasteiger partial charge in [0.1, 0.15) is 17.2 Å². The number of amides is 1. The van der Waals surface area contributed by atoms with E-state index in [1.165, 1.54) is 29.5 Å². The summed E-state index contributed by atoms with van der Waals surface area (Å²) in [7, 11) is 1.82. The highest BCUT2D eigenvalue weighted by Crippen LogP contribution is 2.45. The van der Waals surface area contributed by atoms with Gasteiger partial charge in [0.2, 0.25) is 0 Å².